The van der Waals surface area contributed by atoms with Gasteiger partial charge in [-0.1, -0.05) is 24.3 Å². The molecule has 5 heteroatoms. The Bertz CT molecular complexity index is 603. The standard InChI is InChI=1S/C21H33N3O2/c1-21(2,3)26-20(25)24-14-6-7-18(15-24)16-8-10-17(11-9-16)19(22)23-12-4-5-13-23/h8-11,18-19H,4-7,12-15,22H2,1-3H3. The zero-order valence-electron chi connectivity index (χ0n) is 16.4. The molecule has 3 rings (SSSR count). The number of nitrogens with two attached hydrogens (primary N) is 1. The van der Waals surface area contributed by atoms with Gasteiger partial charge in [-0.25, -0.2) is 4.79 Å². The second-order valence-corrected chi connectivity index (χ2v) is 8.62. The van der Waals surface area contributed by atoms with Crippen LogP contribution < -0.4 is 5.73 Å². The van der Waals surface area contributed by atoms with Gasteiger partial charge >= 0.3 is 6.09 Å². The van der Waals surface area contributed by atoms with Crippen LogP contribution in [0.25, 0.3) is 0 Å². The highest BCUT2D eigenvalue weighted by molar-refractivity contribution is 5.68. The Labute approximate surface area is 157 Å². The van der Waals surface area contributed by atoms with E-state index in [4.69, 9.17) is 10.5 Å². The third-order valence-electron chi connectivity index (χ3n) is 5.36. The van der Waals surface area contributed by atoms with E-state index in [0.717, 1.165) is 39.0 Å². The number of benzene rings is 1. The first-order chi connectivity index (χ1) is 12.3. The molecule has 2 heterocycles. The van der Waals surface area contributed by atoms with E-state index in [9.17, 15) is 4.79 Å². The number of ether oxygens (including phenoxy) is 1. The monoisotopic (exact) mass is 359 g/mol. The molecular weight excluding hydrogens is 326 g/mol. The van der Waals surface area contributed by atoms with Crippen molar-refractivity contribution in [2.75, 3.05) is 26.2 Å². The summed E-state index contributed by atoms with van der Waals surface area (Å²) in [7, 11) is 0. The average molecular weight is 360 g/mol. The minimum absolute atomic E-state index is 0.00355. The van der Waals surface area contributed by atoms with Gasteiger partial charge in [0.1, 0.15) is 5.60 Å². The molecule has 5 nitrogen and oxygen atoms in total. The van der Waals surface area contributed by atoms with Crippen LogP contribution in [0.4, 0.5) is 4.79 Å². The lowest BCUT2D eigenvalue weighted by Gasteiger charge is -2.34. The van der Waals surface area contributed by atoms with E-state index in [1.165, 1.54) is 24.0 Å². The molecule has 26 heavy (non-hydrogen) atoms. The lowest BCUT2D eigenvalue weighted by molar-refractivity contribution is 0.0198. The molecule has 0 saturated carbocycles. The Hall–Kier alpha value is -1.59. The Morgan fingerprint density at radius 1 is 1.12 bits per heavy atom. The first-order valence-corrected chi connectivity index (χ1v) is 9.91. The van der Waals surface area contributed by atoms with E-state index in [-0.39, 0.29) is 12.3 Å². The Kier molecular flexibility index (Phi) is 5.88. The van der Waals surface area contributed by atoms with Crippen molar-refractivity contribution >= 4 is 6.09 Å². The van der Waals surface area contributed by atoms with Crippen LogP contribution in [0.1, 0.15) is 69.7 Å². The molecule has 2 unspecified atom stereocenters. The average Bonchev–Trinajstić information content (AvgIpc) is 3.14. The molecular formula is C21H33N3O2. The lowest BCUT2D eigenvalue weighted by Crippen LogP contribution is -2.42. The van der Waals surface area contributed by atoms with Crippen molar-refractivity contribution in [3.63, 3.8) is 0 Å². The largest absolute Gasteiger partial charge is 0.444 e. The number of amides is 1. The number of nitrogens with zero attached hydrogens (tertiary/aromatic N) is 2. The topological polar surface area (TPSA) is 58.8 Å². The quantitative estimate of drug-likeness (QED) is 0.890. The fraction of sp³-hybridized carbons (Fsp3) is 0.667. The van der Waals surface area contributed by atoms with Crippen LogP contribution in [0.3, 0.4) is 0 Å². The summed E-state index contributed by atoms with van der Waals surface area (Å²) in [5.41, 5.74) is 8.42. The molecule has 1 aromatic carbocycles. The van der Waals surface area contributed by atoms with E-state index in [2.05, 4.69) is 29.2 Å². The number of hydrogen-bond donors (Lipinski definition) is 1. The van der Waals surface area contributed by atoms with Crippen LogP contribution in [-0.4, -0.2) is 47.7 Å². The minimum atomic E-state index is -0.447. The zero-order valence-corrected chi connectivity index (χ0v) is 16.4. The maximum atomic E-state index is 12.4. The molecule has 144 valence electrons. The van der Waals surface area contributed by atoms with Crippen LogP contribution in [0.15, 0.2) is 24.3 Å². The van der Waals surface area contributed by atoms with Gasteiger partial charge in [-0.3, -0.25) is 4.90 Å². The number of likely N-dealkylation sites (tertiary alicyclic amines) is 2. The number of rotatable bonds is 3. The summed E-state index contributed by atoms with van der Waals surface area (Å²) in [4.78, 5) is 16.6. The molecule has 0 aliphatic carbocycles. The van der Waals surface area contributed by atoms with Gasteiger partial charge in [0, 0.05) is 19.0 Å². The smallest absolute Gasteiger partial charge is 0.410 e. The number of carbonyl (C=O) groups excluding carboxylic acids is 1. The van der Waals surface area contributed by atoms with E-state index < -0.39 is 5.60 Å². The third kappa shape index (κ3) is 4.77. The molecule has 1 aromatic rings. The normalized spacial score (nSPS) is 23.1. The number of piperidine rings is 1. The fourth-order valence-electron chi connectivity index (χ4n) is 3.94. The molecule has 2 N–H and O–H groups in total. The Morgan fingerprint density at radius 2 is 1.77 bits per heavy atom. The highest BCUT2D eigenvalue weighted by Gasteiger charge is 2.28. The minimum Gasteiger partial charge on any atom is -0.444 e. The summed E-state index contributed by atoms with van der Waals surface area (Å²) >= 11 is 0. The van der Waals surface area contributed by atoms with Gasteiger partial charge in [0.25, 0.3) is 0 Å². The summed E-state index contributed by atoms with van der Waals surface area (Å²) < 4.78 is 5.53. The maximum Gasteiger partial charge on any atom is 0.410 e. The Morgan fingerprint density at radius 3 is 2.38 bits per heavy atom. The molecule has 0 aromatic heterocycles. The van der Waals surface area contributed by atoms with Gasteiger partial charge in [-0.15, -0.1) is 0 Å². The second-order valence-electron chi connectivity index (χ2n) is 8.62. The number of carbonyl (C=O) groups is 1. The summed E-state index contributed by atoms with van der Waals surface area (Å²) in [6.45, 7) is 9.43. The summed E-state index contributed by atoms with van der Waals surface area (Å²) in [5, 5.41) is 0. The molecule has 0 radical (unpaired) electrons. The highest BCUT2D eigenvalue weighted by Crippen LogP contribution is 2.29. The SMILES string of the molecule is CC(C)(C)OC(=O)N1CCCC(c2ccc(C(N)N3CCCC3)cc2)C1. The van der Waals surface area contributed by atoms with Crippen molar-refractivity contribution in [3.05, 3.63) is 35.4 Å². The zero-order chi connectivity index (χ0) is 18.7. The third-order valence-corrected chi connectivity index (χ3v) is 5.36. The molecule has 2 saturated heterocycles. The predicted octanol–water partition coefficient (Wildman–Crippen LogP) is 3.85. The van der Waals surface area contributed by atoms with Crippen LogP contribution in [0.5, 0.6) is 0 Å². The van der Waals surface area contributed by atoms with Crippen LogP contribution in [0, 0.1) is 0 Å². The first kappa shape index (κ1) is 19.2. The van der Waals surface area contributed by atoms with E-state index in [1.807, 2.05) is 25.7 Å². The van der Waals surface area contributed by atoms with Gasteiger partial charge in [0.05, 0.1) is 6.17 Å². The van der Waals surface area contributed by atoms with Crippen molar-refractivity contribution in [2.45, 2.75) is 64.1 Å². The molecule has 0 bridgehead atoms. The van der Waals surface area contributed by atoms with Gasteiger partial charge < -0.3 is 15.4 Å². The van der Waals surface area contributed by atoms with Crippen molar-refractivity contribution in [1.82, 2.24) is 9.80 Å². The van der Waals surface area contributed by atoms with Crippen LogP contribution >= 0.6 is 0 Å². The maximum absolute atomic E-state index is 12.4. The van der Waals surface area contributed by atoms with Crippen molar-refractivity contribution in [3.8, 4) is 0 Å². The second kappa shape index (κ2) is 7.97. The molecule has 2 atom stereocenters. The summed E-state index contributed by atoms with van der Waals surface area (Å²) in [6.07, 6.45) is 4.41. The van der Waals surface area contributed by atoms with Crippen LogP contribution in [0.2, 0.25) is 0 Å². The van der Waals surface area contributed by atoms with Crippen molar-refractivity contribution in [1.29, 1.82) is 0 Å². The molecule has 2 aliphatic rings. The van der Waals surface area contributed by atoms with E-state index >= 15 is 0 Å². The van der Waals surface area contributed by atoms with Gasteiger partial charge in [-0.2, -0.15) is 0 Å². The molecule has 0 spiro atoms. The van der Waals surface area contributed by atoms with Crippen molar-refractivity contribution in [2.24, 2.45) is 5.73 Å². The fourth-order valence-corrected chi connectivity index (χ4v) is 3.94. The van der Waals surface area contributed by atoms with E-state index in [0.29, 0.717) is 5.92 Å². The van der Waals surface area contributed by atoms with Gasteiger partial charge in [-0.05, 0) is 70.7 Å². The summed E-state index contributed by atoms with van der Waals surface area (Å²) in [5.74, 6) is 0.369. The van der Waals surface area contributed by atoms with Crippen molar-refractivity contribution < 1.29 is 9.53 Å². The van der Waals surface area contributed by atoms with Gasteiger partial charge in [0.2, 0.25) is 0 Å². The number of hydrogen-bond acceptors (Lipinski definition) is 4. The highest BCUT2D eigenvalue weighted by atomic mass is 16.6. The molecule has 1 amide bonds. The van der Waals surface area contributed by atoms with Crippen LogP contribution in [-0.2, 0) is 4.74 Å². The first-order valence-electron chi connectivity index (χ1n) is 9.91. The van der Waals surface area contributed by atoms with Gasteiger partial charge in [0.15, 0.2) is 0 Å². The lowest BCUT2D eigenvalue weighted by atomic mass is 9.90. The molecule has 2 fully saturated rings. The van der Waals surface area contributed by atoms with E-state index in [1.54, 1.807) is 0 Å². The summed E-state index contributed by atoms with van der Waals surface area (Å²) in [6, 6.07) is 8.69. The molecule has 2 aliphatic heterocycles. The Balaban J connectivity index is 1.62. The predicted molar refractivity (Wildman–Crippen MR) is 104 cm³/mol.